The highest BCUT2D eigenvalue weighted by molar-refractivity contribution is 5.73. The number of hydrogen-bond donors (Lipinski definition) is 1. The number of piperidine rings is 1. The summed E-state index contributed by atoms with van der Waals surface area (Å²) in [6.45, 7) is 4.97. The summed E-state index contributed by atoms with van der Waals surface area (Å²) in [5, 5.41) is 9.82. The van der Waals surface area contributed by atoms with Crippen LogP contribution in [0.4, 0.5) is 13.2 Å². The molecule has 0 spiro atoms. The highest BCUT2D eigenvalue weighted by atomic mass is 19.4. The van der Waals surface area contributed by atoms with E-state index in [0.717, 1.165) is 25.0 Å². The molecule has 8 heteroatoms. The normalized spacial score (nSPS) is 18.2. The smallest absolute Gasteiger partial charge is 0.416 e. The molecule has 1 heterocycles. The maximum atomic E-state index is 13.4. The molecular formula is C24H28F3NO4. The Balaban J connectivity index is 2.15. The van der Waals surface area contributed by atoms with Crippen LogP contribution in [0.1, 0.15) is 55.8 Å². The fraction of sp³-hybridized carbons (Fsp3) is 0.458. The minimum absolute atomic E-state index is 0.388. The predicted octanol–water partition coefficient (Wildman–Crippen LogP) is 5.53. The summed E-state index contributed by atoms with van der Waals surface area (Å²) in [7, 11) is 0. The number of benzene rings is 2. The SMILES string of the molecule is CCOc1ccc(C(c2cccc(C(F)(F)F)c2)N2CCCCC2C(=O)O)cc1OCC. The number of aliphatic carboxylic acids is 1. The van der Waals surface area contributed by atoms with Gasteiger partial charge in [0.1, 0.15) is 6.04 Å². The second kappa shape index (κ2) is 10.3. The van der Waals surface area contributed by atoms with Crippen molar-refractivity contribution in [2.75, 3.05) is 19.8 Å². The molecule has 2 atom stereocenters. The van der Waals surface area contributed by atoms with Gasteiger partial charge in [-0.2, -0.15) is 13.2 Å². The Morgan fingerprint density at radius 2 is 1.75 bits per heavy atom. The van der Waals surface area contributed by atoms with E-state index in [1.807, 2.05) is 13.8 Å². The van der Waals surface area contributed by atoms with Crippen molar-refractivity contribution in [3.8, 4) is 11.5 Å². The maximum Gasteiger partial charge on any atom is 0.416 e. The molecule has 0 aliphatic carbocycles. The van der Waals surface area contributed by atoms with Crippen molar-refractivity contribution in [1.82, 2.24) is 4.90 Å². The Morgan fingerprint density at radius 3 is 2.41 bits per heavy atom. The molecule has 1 aliphatic rings. The Hall–Kier alpha value is -2.74. The second-order valence-corrected chi connectivity index (χ2v) is 7.69. The Bertz CT molecular complexity index is 932. The molecule has 0 saturated carbocycles. The first kappa shape index (κ1) is 23.9. The second-order valence-electron chi connectivity index (χ2n) is 7.69. The largest absolute Gasteiger partial charge is 0.490 e. The molecule has 1 saturated heterocycles. The third-order valence-corrected chi connectivity index (χ3v) is 5.57. The molecule has 0 radical (unpaired) electrons. The Kier molecular flexibility index (Phi) is 7.66. The quantitative estimate of drug-likeness (QED) is 0.572. The van der Waals surface area contributed by atoms with Crippen LogP contribution in [0.25, 0.3) is 0 Å². The summed E-state index contributed by atoms with van der Waals surface area (Å²) >= 11 is 0. The summed E-state index contributed by atoms with van der Waals surface area (Å²) in [6, 6.07) is 8.89. The van der Waals surface area contributed by atoms with Crippen LogP contribution in [0.15, 0.2) is 42.5 Å². The lowest BCUT2D eigenvalue weighted by Gasteiger charge is -2.40. The fourth-order valence-corrected chi connectivity index (χ4v) is 4.23. The van der Waals surface area contributed by atoms with Gasteiger partial charge in [0, 0.05) is 0 Å². The third-order valence-electron chi connectivity index (χ3n) is 5.57. The van der Waals surface area contributed by atoms with Crippen LogP contribution in [0, 0.1) is 0 Å². The van der Waals surface area contributed by atoms with Gasteiger partial charge in [0.25, 0.3) is 0 Å². The molecule has 32 heavy (non-hydrogen) atoms. The molecule has 5 nitrogen and oxygen atoms in total. The lowest BCUT2D eigenvalue weighted by molar-refractivity contribution is -0.145. The van der Waals surface area contributed by atoms with Gasteiger partial charge in [0.15, 0.2) is 11.5 Å². The molecule has 0 amide bonds. The maximum absolute atomic E-state index is 13.4. The lowest BCUT2D eigenvalue weighted by atomic mass is 9.90. The van der Waals surface area contributed by atoms with Gasteiger partial charge in [-0.25, -0.2) is 0 Å². The molecule has 1 N–H and O–H groups in total. The summed E-state index contributed by atoms with van der Waals surface area (Å²) in [5.74, 6) is 0.0414. The van der Waals surface area contributed by atoms with E-state index in [2.05, 4.69) is 0 Å². The first-order valence-corrected chi connectivity index (χ1v) is 10.8. The average molecular weight is 451 g/mol. The summed E-state index contributed by atoms with van der Waals surface area (Å²) in [4.78, 5) is 13.8. The van der Waals surface area contributed by atoms with Crippen molar-refractivity contribution < 1.29 is 32.5 Å². The van der Waals surface area contributed by atoms with E-state index in [4.69, 9.17) is 9.47 Å². The molecular weight excluding hydrogens is 423 g/mol. The zero-order valence-electron chi connectivity index (χ0n) is 18.2. The van der Waals surface area contributed by atoms with Crippen molar-refractivity contribution in [1.29, 1.82) is 0 Å². The van der Waals surface area contributed by atoms with Crippen molar-refractivity contribution >= 4 is 5.97 Å². The number of ether oxygens (including phenoxy) is 2. The highest BCUT2D eigenvalue weighted by Gasteiger charge is 2.37. The standard InChI is InChI=1S/C24H28F3NO4/c1-3-31-20-12-11-17(15-21(20)32-4-2)22(28-13-6-5-10-19(28)23(29)30)16-8-7-9-18(14-16)24(25,26)27/h7-9,11-12,14-15,19,22H,3-6,10,13H2,1-2H3,(H,29,30). The molecule has 2 aromatic rings. The number of carbonyl (C=O) groups is 1. The van der Waals surface area contributed by atoms with Crippen molar-refractivity contribution in [2.45, 2.75) is 51.4 Å². The summed E-state index contributed by atoms with van der Waals surface area (Å²) in [6.07, 6.45) is -2.52. The third kappa shape index (κ3) is 5.35. The van der Waals surface area contributed by atoms with E-state index in [9.17, 15) is 23.1 Å². The zero-order valence-corrected chi connectivity index (χ0v) is 18.2. The van der Waals surface area contributed by atoms with Crippen LogP contribution < -0.4 is 9.47 Å². The minimum atomic E-state index is -4.50. The number of halogens is 3. The molecule has 2 unspecified atom stereocenters. The van der Waals surface area contributed by atoms with Gasteiger partial charge in [-0.15, -0.1) is 0 Å². The van der Waals surface area contributed by atoms with Crippen LogP contribution in [0.2, 0.25) is 0 Å². The molecule has 174 valence electrons. The highest BCUT2D eigenvalue weighted by Crippen LogP contribution is 2.40. The van der Waals surface area contributed by atoms with Gasteiger partial charge < -0.3 is 14.6 Å². The van der Waals surface area contributed by atoms with Crippen LogP contribution in [-0.2, 0) is 11.0 Å². The van der Waals surface area contributed by atoms with E-state index in [-0.39, 0.29) is 0 Å². The number of rotatable bonds is 8. The first-order valence-electron chi connectivity index (χ1n) is 10.8. The monoisotopic (exact) mass is 451 g/mol. The summed E-state index contributed by atoms with van der Waals surface area (Å²) < 4.78 is 51.6. The number of hydrogen-bond acceptors (Lipinski definition) is 4. The van der Waals surface area contributed by atoms with E-state index in [1.165, 1.54) is 6.07 Å². The molecule has 3 rings (SSSR count). The van der Waals surface area contributed by atoms with Gasteiger partial charge in [0.05, 0.1) is 24.8 Å². The number of nitrogens with zero attached hydrogens (tertiary/aromatic N) is 1. The zero-order chi connectivity index (χ0) is 23.3. The van der Waals surface area contributed by atoms with Crippen LogP contribution in [-0.4, -0.2) is 41.8 Å². The first-order chi connectivity index (χ1) is 15.3. The van der Waals surface area contributed by atoms with Crippen molar-refractivity contribution in [3.05, 3.63) is 59.2 Å². The fourth-order valence-electron chi connectivity index (χ4n) is 4.23. The van der Waals surface area contributed by atoms with Crippen LogP contribution in [0.3, 0.4) is 0 Å². The van der Waals surface area contributed by atoms with E-state index >= 15 is 0 Å². The molecule has 1 fully saturated rings. The van der Waals surface area contributed by atoms with E-state index in [0.29, 0.717) is 48.8 Å². The van der Waals surface area contributed by atoms with Crippen molar-refractivity contribution in [2.24, 2.45) is 0 Å². The van der Waals surface area contributed by atoms with E-state index < -0.39 is 29.8 Å². The Morgan fingerprint density at radius 1 is 1.06 bits per heavy atom. The molecule has 2 aromatic carbocycles. The number of likely N-dealkylation sites (tertiary alicyclic amines) is 1. The minimum Gasteiger partial charge on any atom is -0.490 e. The summed E-state index contributed by atoms with van der Waals surface area (Å²) in [5.41, 5.74) is 0.281. The topological polar surface area (TPSA) is 59.0 Å². The van der Waals surface area contributed by atoms with Crippen LogP contribution >= 0.6 is 0 Å². The Labute approximate surface area is 185 Å². The van der Waals surface area contributed by atoms with Gasteiger partial charge in [-0.3, -0.25) is 9.69 Å². The molecule has 1 aliphatic heterocycles. The van der Waals surface area contributed by atoms with Crippen LogP contribution in [0.5, 0.6) is 11.5 Å². The number of carboxylic acids is 1. The molecule has 0 aromatic heterocycles. The average Bonchev–Trinajstić information content (AvgIpc) is 2.76. The number of alkyl halides is 3. The molecule has 0 bridgehead atoms. The van der Waals surface area contributed by atoms with Gasteiger partial charge in [-0.1, -0.05) is 24.6 Å². The van der Waals surface area contributed by atoms with Gasteiger partial charge in [-0.05, 0) is 68.6 Å². The lowest BCUT2D eigenvalue weighted by Crippen LogP contribution is -2.46. The predicted molar refractivity (Wildman–Crippen MR) is 114 cm³/mol. The van der Waals surface area contributed by atoms with Gasteiger partial charge in [0.2, 0.25) is 0 Å². The van der Waals surface area contributed by atoms with E-state index in [1.54, 1.807) is 29.2 Å². The van der Waals surface area contributed by atoms with Crippen molar-refractivity contribution in [3.63, 3.8) is 0 Å². The number of carboxylic acid groups (broad SMARTS) is 1. The van der Waals surface area contributed by atoms with Gasteiger partial charge >= 0.3 is 12.1 Å².